The number of carboxylic acids is 1. The zero-order valence-corrected chi connectivity index (χ0v) is 41.6. The van der Waals surface area contributed by atoms with Crippen LogP contribution in [0, 0.1) is 0 Å². The first-order valence-electron chi connectivity index (χ1n) is 23.6. The number of ether oxygens (including phenoxy) is 5. The van der Waals surface area contributed by atoms with Gasteiger partial charge < -0.3 is 37.8 Å². The molecule has 76 heavy (non-hydrogen) atoms. The van der Waals surface area contributed by atoms with E-state index in [1.807, 2.05) is 36.4 Å². The molecule has 1 N–H and O–H groups in total. The number of rotatable bonds is 19. The van der Waals surface area contributed by atoms with E-state index in [9.17, 15) is 45.8 Å². The zero-order chi connectivity index (χ0) is 53.8. The van der Waals surface area contributed by atoms with Crippen molar-refractivity contribution in [3.8, 4) is 23.0 Å². The number of amides is 2. The molecular weight excluding hydrogens is 1070 g/mol. The molecule has 21 heteroatoms. The average molecular weight is 1120 g/mol. The number of carbonyl (C=O) groups is 3. The summed E-state index contributed by atoms with van der Waals surface area (Å²) in [6.45, 7) is 0.359. The summed E-state index contributed by atoms with van der Waals surface area (Å²) < 4.78 is 111. The summed E-state index contributed by atoms with van der Waals surface area (Å²) in [6, 6.07) is 35.0. The maximum Gasteiger partial charge on any atom is 0.573 e. The molecule has 1 saturated heterocycles. The number of benzene rings is 5. The molecule has 0 bridgehead atoms. The van der Waals surface area contributed by atoms with Gasteiger partial charge in [-0.15, -0.1) is 26.3 Å². The largest absolute Gasteiger partial charge is 0.573 e. The van der Waals surface area contributed by atoms with Crippen molar-refractivity contribution in [2.75, 3.05) is 6.61 Å². The number of alkyl halides is 6. The average Bonchev–Trinajstić information content (AvgIpc) is 4.26. The third-order valence-electron chi connectivity index (χ3n) is 12.2. The van der Waals surface area contributed by atoms with Crippen LogP contribution in [-0.2, 0) is 34.0 Å². The van der Waals surface area contributed by atoms with Crippen molar-refractivity contribution in [3.63, 3.8) is 0 Å². The Balaban J connectivity index is 0.000000206. The molecule has 2 aromatic heterocycles. The van der Waals surface area contributed by atoms with Gasteiger partial charge in [0.1, 0.15) is 55.3 Å². The second-order valence-electron chi connectivity index (χ2n) is 17.5. The van der Waals surface area contributed by atoms with Crippen LogP contribution in [0.3, 0.4) is 0 Å². The molecule has 0 radical (unpaired) electrons. The predicted octanol–water partition coefficient (Wildman–Crippen LogP) is 13.4. The minimum atomic E-state index is -4.79. The Hall–Kier alpha value is -8.07. The van der Waals surface area contributed by atoms with Crippen LogP contribution in [0.4, 0.5) is 31.1 Å². The van der Waals surface area contributed by atoms with Crippen LogP contribution in [0.15, 0.2) is 160 Å². The van der Waals surface area contributed by atoms with Crippen LogP contribution in [0.25, 0.3) is 5.57 Å². The van der Waals surface area contributed by atoms with E-state index in [4.69, 9.17) is 23.3 Å². The van der Waals surface area contributed by atoms with Crippen LogP contribution >= 0.6 is 15.9 Å². The first-order valence-corrected chi connectivity index (χ1v) is 24.4. The standard InChI is InChI=1S/C30H24BrF3N2O6.C25H22F3NO5/c31-25-15-20(6-11-27(25)42-30(32,33)34)17-39-23-9-7-21(8-10-23)24(26-12-13-41-35-26)16-28(37)36-22(18-40-29(36)38)14-19-4-2-1-3-5-19;26-25(27,28)34-23-10-5-16(13-21(23)17-3-1-2-4-17)15-32-19-8-6-18(7-9-19)20(14-24(30)31)22-11-12-33-29-22/h1-13,15,22,24H,14,16-18H2;3,5-13,20H,1-2,4,14-15H2,(H,30,31)/t22-,24-;20-/m00/s1. The lowest BCUT2D eigenvalue weighted by Gasteiger charge is -2.22. The summed E-state index contributed by atoms with van der Waals surface area (Å²) in [5.74, 6) is -1.85. The van der Waals surface area contributed by atoms with E-state index in [0.29, 0.717) is 52.4 Å². The SMILES string of the molecule is O=C(C[C@@H](c1ccc(OCc2ccc(OC(F)(F)F)c(Br)c2)cc1)c1ccon1)N1C(=O)OC[C@@H]1Cc1ccccc1.O=C(O)C[C@@H](c1ccc(OCc2ccc(OC(F)(F)F)c(C3=CCCC3)c2)cc1)c1ccon1. The van der Waals surface area contributed by atoms with Crippen molar-refractivity contribution in [1.82, 2.24) is 15.2 Å². The monoisotopic (exact) mass is 1120 g/mol. The van der Waals surface area contributed by atoms with Crippen molar-refractivity contribution in [2.24, 2.45) is 0 Å². The zero-order valence-electron chi connectivity index (χ0n) is 40.0. The molecule has 0 spiro atoms. The Kier molecular flexibility index (Phi) is 17.5. The van der Waals surface area contributed by atoms with Crippen molar-refractivity contribution in [3.05, 3.63) is 195 Å². The first-order chi connectivity index (χ1) is 36.4. The molecule has 9 rings (SSSR count). The summed E-state index contributed by atoms with van der Waals surface area (Å²) in [6.07, 6.45) is -2.79. The third-order valence-corrected chi connectivity index (χ3v) is 12.8. The number of nitrogens with zero attached hydrogens (tertiary/aromatic N) is 3. The van der Waals surface area contributed by atoms with E-state index in [0.717, 1.165) is 35.1 Å². The van der Waals surface area contributed by atoms with Crippen LogP contribution in [0.5, 0.6) is 23.0 Å². The highest BCUT2D eigenvalue weighted by Gasteiger charge is 2.39. The van der Waals surface area contributed by atoms with Gasteiger partial charge in [-0.3, -0.25) is 9.59 Å². The van der Waals surface area contributed by atoms with Crippen molar-refractivity contribution in [1.29, 1.82) is 0 Å². The Morgan fingerprint density at radius 2 is 1.25 bits per heavy atom. The molecule has 1 fully saturated rings. The Morgan fingerprint density at radius 3 is 1.76 bits per heavy atom. The number of carboxylic acid groups (broad SMARTS) is 1. The van der Waals surface area contributed by atoms with E-state index < -0.39 is 48.6 Å². The van der Waals surface area contributed by atoms with Crippen LogP contribution in [-0.4, -0.2) is 63.7 Å². The molecule has 0 saturated carbocycles. The van der Waals surface area contributed by atoms with Crippen molar-refractivity contribution < 1.29 is 78.6 Å². The topological polar surface area (TPSA) is 173 Å². The maximum atomic E-state index is 13.5. The number of carbonyl (C=O) groups excluding carboxylic acids is 2. The Bertz CT molecular complexity index is 3080. The fraction of sp³-hybridized carbons (Fsp3) is 0.255. The lowest BCUT2D eigenvalue weighted by atomic mass is 9.91. The molecule has 3 heterocycles. The van der Waals surface area contributed by atoms with Gasteiger partial charge in [0.05, 0.1) is 28.3 Å². The normalized spacial score (nSPS) is 15.2. The van der Waals surface area contributed by atoms with E-state index in [1.165, 1.54) is 41.7 Å². The highest BCUT2D eigenvalue weighted by atomic mass is 79.9. The van der Waals surface area contributed by atoms with Gasteiger partial charge in [-0.2, -0.15) is 0 Å². The summed E-state index contributed by atoms with van der Waals surface area (Å²) in [5.41, 5.74) is 6.10. The molecule has 396 valence electrons. The Morgan fingerprint density at radius 1 is 0.697 bits per heavy atom. The molecule has 14 nitrogen and oxygen atoms in total. The molecule has 1 aliphatic heterocycles. The molecule has 2 aliphatic rings. The van der Waals surface area contributed by atoms with E-state index in [2.05, 4.69) is 35.7 Å². The number of cyclic esters (lactones) is 1. The second kappa shape index (κ2) is 24.5. The van der Waals surface area contributed by atoms with Crippen LogP contribution < -0.4 is 18.9 Å². The molecule has 2 amide bonds. The lowest BCUT2D eigenvalue weighted by molar-refractivity contribution is -0.275. The van der Waals surface area contributed by atoms with Crippen LogP contribution in [0.2, 0.25) is 0 Å². The molecule has 0 unspecified atom stereocenters. The summed E-state index contributed by atoms with van der Waals surface area (Å²) in [4.78, 5) is 38.4. The van der Waals surface area contributed by atoms with Gasteiger partial charge >= 0.3 is 24.8 Å². The van der Waals surface area contributed by atoms with E-state index in [-0.39, 0.29) is 48.6 Å². The van der Waals surface area contributed by atoms with Crippen LogP contribution in [0.1, 0.15) is 88.7 Å². The van der Waals surface area contributed by atoms with Crippen molar-refractivity contribution >= 4 is 39.5 Å². The van der Waals surface area contributed by atoms with E-state index in [1.54, 1.807) is 72.8 Å². The van der Waals surface area contributed by atoms with Gasteiger partial charge in [0.2, 0.25) is 5.91 Å². The number of hydrogen-bond acceptors (Lipinski definition) is 12. The molecule has 1 aliphatic carbocycles. The minimum Gasteiger partial charge on any atom is -0.489 e. The van der Waals surface area contributed by atoms with Crippen molar-refractivity contribution in [2.45, 2.75) is 82.3 Å². The quantitative estimate of drug-likeness (QED) is 0.0759. The van der Waals surface area contributed by atoms with Gasteiger partial charge in [-0.25, -0.2) is 9.69 Å². The Labute approximate surface area is 438 Å². The summed E-state index contributed by atoms with van der Waals surface area (Å²) in [5, 5.41) is 17.1. The second-order valence-corrected chi connectivity index (χ2v) is 18.3. The molecule has 3 atom stereocenters. The number of aliphatic carboxylic acids is 1. The summed E-state index contributed by atoms with van der Waals surface area (Å²) in [7, 11) is 0. The van der Waals surface area contributed by atoms with Gasteiger partial charge in [0, 0.05) is 36.0 Å². The lowest BCUT2D eigenvalue weighted by Crippen LogP contribution is -2.40. The third kappa shape index (κ3) is 15.0. The fourth-order valence-electron chi connectivity index (χ4n) is 8.65. The maximum absolute atomic E-state index is 13.5. The molecule has 5 aromatic carbocycles. The fourth-order valence-corrected chi connectivity index (χ4v) is 9.16. The van der Waals surface area contributed by atoms with Gasteiger partial charge in [0.15, 0.2) is 0 Å². The molecular formula is C55H46BrF6N3O11. The first kappa shape index (κ1) is 54.2. The molecule has 7 aromatic rings. The summed E-state index contributed by atoms with van der Waals surface area (Å²) >= 11 is 3.08. The number of aromatic nitrogens is 2. The smallest absolute Gasteiger partial charge is 0.489 e. The highest BCUT2D eigenvalue weighted by Crippen LogP contribution is 2.38. The number of halogens is 7. The minimum absolute atomic E-state index is 0.0481. The number of allylic oxidation sites excluding steroid dienone is 2. The van der Waals surface area contributed by atoms with Gasteiger partial charge in [-0.05, 0) is 124 Å². The predicted molar refractivity (Wildman–Crippen MR) is 263 cm³/mol. The van der Waals surface area contributed by atoms with Gasteiger partial charge in [-0.1, -0.05) is 83.1 Å². The van der Waals surface area contributed by atoms with Gasteiger partial charge in [0.25, 0.3) is 0 Å². The number of hydrogen-bond donors (Lipinski definition) is 1. The number of imide groups is 1. The van der Waals surface area contributed by atoms with E-state index >= 15 is 0 Å². The highest BCUT2D eigenvalue weighted by molar-refractivity contribution is 9.10.